The minimum atomic E-state index is 0.159. The highest BCUT2D eigenvalue weighted by molar-refractivity contribution is 5.77. The van der Waals surface area contributed by atoms with Gasteiger partial charge in [-0.05, 0) is 24.8 Å². The van der Waals surface area contributed by atoms with E-state index in [1.54, 1.807) is 0 Å². The molecule has 1 N–H and O–H groups in total. The van der Waals surface area contributed by atoms with Gasteiger partial charge in [-0.25, -0.2) is 0 Å². The average Bonchev–Trinajstić information content (AvgIpc) is 3.12. The first kappa shape index (κ1) is 16.1. The van der Waals surface area contributed by atoms with Crippen molar-refractivity contribution < 1.29 is 9.53 Å². The van der Waals surface area contributed by atoms with Gasteiger partial charge in [0.15, 0.2) is 0 Å². The number of benzene rings is 1. The number of nitrogens with zero attached hydrogens (tertiary/aromatic N) is 2. The van der Waals surface area contributed by atoms with E-state index in [1.807, 2.05) is 0 Å². The molecular weight excluding hydrogens is 302 g/mol. The molecule has 5 heteroatoms. The number of rotatable bonds is 3. The second-order valence-electron chi connectivity index (χ2n) is 7.13. The molecule has 5 nitrogen and oxygen atoms in total. The number of morpholine rings is 1. The zero-order chi connectivity index (χ0) is 16.4. The standard InChI is InChI=1S/C19H27N3O2/c23-19-14-16(21-9-11-24-12-10-21)13-18(20-19)22-8-4-7-17(22)15-5-2-1-3-6-15/h1-3,5-6,16-18H,4,7-14H2,(H,20,23)/t16?,17-,18?/m0/s1. The lowest BCUT2D eigenvalue weighted by Gasteiger charge is -2.43. The van der Waals surface area contributed by atoms with Crippen LogP contribution in [0.3, 0.4) is 0 Å². The maximum absolute atomic E-state index is 12.3. The number of amides is 1. The summed E-state index contributed by atoms with van der Waals surface area (Å²) in [4.78, 5) is 17.3. The molecule has 3 fully saturated rings. The third-order valence-electron chi connectivity index (χ3n) is 5.68. The van der Waals surface area contributed by atoms with E-state index in [2.05, 4.69) is 45.4 Å². The molecule has 1 aromatic carbocycles. The summed E-state index contributed by atoms with van der Waals surface area (Å²) >= 11 is 0. The van der Waals surface area contributed by atoms with Gasteiger partial charge in [-0.3, -0.25) is 14.6 Å². The van der Waals surface area contributed by atoms with E-state index in [1.165, 1.54) is 18.4 Å². The molecule has 3 atom stereocenters. The van der Waals surface area contributed by atoms with Crippen molar-refractivity contribution >= 4 is 5.91 Å². The first-order chi connectivity index (χ1) is 11.8. The van der Waals surface area contributed by atoms with Crippen LogP contribution in [-0.2, 0) is 9.53 Å². The van der Waals surface area contributed by atoms with Crippen LogP contribution in [0.5, 0.6) is 0 Å². The molecule has 3 saturated heterocycles. The molecule has 130 valence electrons. The summed E-state index contributed by atoms with van der Waals surface area (Å²) in [7, 11) is 0. The summed E-state index contributed by atoms with van der Waals surface area (Å²) in [5, 5.41) is 3.26. The highest BCUT2D eigenvalue weighted by Crippen LogP contribution is 2.35. The van der Waals surface area contributed by atoms with Gasteiger partial charge < -0.3 is 10.1 Å². The third-order valence-corrected chi connectivity index (χ3v) is 5.68. The van der Waals surface area contributed by atoms with E-state index in [-0.39, 0.29) is 12.1 Å². The van der Waals surface area contributed by atoms with Crippen LogP contribution in [0.2, 0.25) is 0 Å². The normalized spacial score (nSPS) is 32.7. The summed E-state index contributed by atoms with van der Waals surface area (Å²) < 4.78 is 5.47. The molecule has 0 aliphatic carbocycles. The van der Waals surface area contributed by atoms with E-state index in [0.717, 1.165) is 39.3 Å². The number of nitrogens with one attached hydrogen (secondary N) is 1. The Hall–Kier alpha value is -1.43. The number of hydrogen-bond donors (Lipinski definition) is 1. The topological polar surface area (TPSA) is 44.8 Å². The average molecular weight is 329 g/mol. The van der Waals surface area contributed by atoms with Gasteiger partial charge in [0.1, 0.15) is 0 Å². The molecule has 0 saturated carbocycles. The molecule has 0 aromatic heterocycles. The molecule has 3 heterocycles. The van der Waals surface area contributed by atoms with Gasteiger partial charge in [-0.1, -0.05) is 30.3 Å². The molecule has 24 heavy (non-hydrogen) atoms. The van der Waals surface area contributed by atoms with Gasteiger partial charge in [0.05, 0.1) is 19.4 Å². The van der Waals surface area contributed by atoms with Crippen LogP contribution >= 0.6 is 0 Å². The molecule has 3 aliphatic rings. The third kappa shape index (κ3) is 3.34. The van der Waals surface area contributed by atoms with Gasteiger partial charge in [0.2, 0.25) is 5.91 Å². The van der Waals surface area contributed by atoms with Crippen molar-refractivity contribution in [2.45, 2.75) is 43.9 Å². The fraction of sp³-hybridized carbons (Fsp3) is 0.632. The van der Waals surface area contributed by atoms with Gasteiger partial charge in [0.25, 0.3) is 0 Å². The van der Waals surface area contributed by atoms with E-state index < -0.39 is 0 Å². The maximum Gasteiger partial charge on any atom is 0.222 e. The number of piperidine rings is 1. The molecule has 1 aromatic rings. The number of likely N-dealkylation sites (tertiary alicyclic amines) is 1. The summed E-state index contributed by atoms with van der Waals surface area (Å²) in [6.45, 7) is 4.55. The highest BCUT2D eigenvalue weighted by atomic mass is 16.5. The Morgan fingerprint density at radius 3 is 2.67 bits per heavy atom. The number of ether oxygens (including phenoxy) is 1. The Morgan fingerprint density at radius 1 is 1.08 bits per heavy atom. The van der Waals surface area contributed by atoms with Crippen molar-refractivity contribution in [3.63, 3.8) is 0 Å². The fourth-order valence-electron chi connectivity index (χ4n) is 4.49. The zero-order valence-electron chi connectivity index (χ0n) is 14.2. The maximum atomic E-state index is 12.3. The Morgan fingerprint density at radius 2 is 1.88 bits per heavy atom. The molecule has 0 radical (unpaired) electrons. The quantitative estimate of drug-likeness (QED) is 0.918. The summed E-state index contributed by atoms with van der Waals surface area (Å²) in [5.41, 5.74) is 1.37. The van der Waals surface area contributed by atoms with Gasteiger partial charge in [0, 0.05) is 38.1 Å². The Kier molecular flexibility index (Phi) is 4.83. The predicted molar refractivity (Wildman–Crippen MR) is 92.5 cm³/mol. The SMILES string of the molecule is O=C1CC(N2CCOCC2)CC(N2CCC[C@H]2c2ccccc2)N1. The Bertz CT molecular complexity index is 559. The van der Waals surface area contributed by atoms with Gasteiger partial charge in [-0.2, -0.15) is 0 Å². The molecule has 1 amide bonds. The molecule has 4 rings (SSSR count). The van der Waals surface area contributed by atoms with Crippen molar-refractivity contribution in [3.8, 4) is 0 Å². The second kappa shape index (κ2) is 7.21. The zero-order valence-corrected chi connectivity index (χ0v) is 14.2. The molecule has 2 unspecified atom stereocenters. The predicted octanol–water partition coefficient (Wildman–Crippen LogP) is 1.76. The van der Waals surface area contributed by atoms with Crippen LogP contribution < -0.4 is 5.32 Å². The van der Waals surface area contributed by atoms with Crippen molar-refractivity contribution in [1.29, 1.82) is 0 Å². The van der Waals surface area contributed by atoms with Gasteiger partial charge in [-0.15, -0.1) is 0 Å². The summed E-state index contributed by atoms with van der Waals surface area (Å²) in [5.74, 6) is 0.196. The van der Waals surface area contributed by atoms with Crippen molar-refractivity contribution in [2.75, 3.05) is 32.8 Å². The largest absolute Gasteiger partial charge is 0.379 e. The monoisotopic (exact) mass is 329 g/mol. The Balaban J connectivity index is 1.48. The van der Waals surface area contributed by atoms with Crippen molar-refractivity contribution in [2.24, 2.45) is 0 Å². The summed E-state index contributed by atoms with van der Waals surface area (Å²) in [6.07, 6.45) is 4.19. The minimum Gasteiger partial charge on any atom is -0.379 e. The minimum absolute atomic E-state index is 0.159. The lowest BCUT2D eigenvalue weighted by Crippen LogP contribution is -2.58. The van der Waals surface area contributed by atoms with Gasteiger partial charge >= 0.3 is 0 Å². The lowest BCUT2D eigenvalue weighted by molar-refractivity contribution is -0.129. The second-order valence-corrected chi connectivity index (χ2v) is 7.13. The van der Waals surface area contributed by atoms with Crippen LogP contribution in [-0.4, -0.2) is 60.8 Å². The van der Waals surface area contributed by atoms with Crippen LogP contribution in [0.25, 0.3) is 0 Å². The Labute approximate surface area is 144 Å². The smallest absolute Gasteiger partial charge is 0.222 e. The fourth-order valence-corrected chi connectivity index (χ4v) is 4.49. The number of carbonyl (C=O) groups is 1. The first-order valence-electron chi connectivity index (χ1n) is 9.23. The molecular formula is C19H27N3O2. The van der Waals surface area contributed by atoms with Crippen molar-refractivity contribution in [1.82, 2.24) is 15.1 Å². The van der Waals surface area contributed by atoms with Crippen LogP contribution in [0, 0.1) is 0 Å². The summed E-state index contributed by atoms with van der Waals surface area (Å²) in [6, 6.07) is 11.5. The van der Waals surface area contributed by atoms with E-state index in [0.29, 0.717) is 18.5 Å². The molecule has 3 aliphatic heterocycles. The molecule has 0 bridgehead atoms. The van der Waals surface area contributed by atoms with E-state index in [9.17, 15) is 4.79 Å². The van der Waals surface area contributed by atoms with Crippen LogP contribution in [0.15, 0.2) is 30.3 Å². The first-order valence-corrected chi connectivity index (χ1v) is 9.23. The highest BCUT2D eigenvalue weighted by Gasteiger charge is 2.38. The number of hydrogen-bond acceptors (Lipinski definition) is 4. The van der Waals surface area contributed by atoms with Crippen LogP contribution in [0.4, 0.5) is 0 Å². The lowest BCUT2D eigenvalue weighted by atomic mass is 9.98. The van der Waals surface area contributed by atoms with E-state index >= 15 is 0 Å². The molecule has 0 spiro atoms. The van der Waals surface area contributed by atoms with Crippen LogP contribution in [0.1, 0.15) is 37.3 Å². The van der Waals surface area contributed by atoms with Crippen molar-refractivity contribution in [3.05, 3.63) is 35.9 Å². The van der Waals surface area contributed by atoms with E-state index in [4.69, 9.17) is 4.74 Å². The number of carbonyl (C=O) groups excluding carboxylic acids is 1.